The summed E-state index contributed by atoms with van der Waals surface area (Å²) < 4.78 is 27.7. The van der Waals surface area contributed by atoms with Crippen molar-refractivity contribution in [1.29, 1.82) is 0 Å². The SMILES string of the molecule is COCC(C)NCCS(=O)(=O)C(C)(C)C. The quantitative estimate of drug-likeness (QED) is 0.743. The molecule has 0 aromatic heterocycles. The maximum atomic E-state index is 11.7. The van der Waals surface area contributed by atoms with E-state index in [-0.39, 0.29) is 11.8 Å². The molecule has 1 N–H and O–H groups in total. The summed E-state index contributed by atoms with van der Waals surface area (Å²) in [6.45, 7) is 8.20. The minimum Gasteiger partial charge on any atom is -0.383 e. The summed E-state index contributed by atoms with van der Waals surface area (Å²) >= 11 is 0. The summed E-state index contributed by atoms with van der Waals surface area (Å²) in [6.07, 6.45) is 0. The van der Waals surface area contributed by atoms with Crippen LogP contribution in [0.15, 0.2) is 0 Å². The van der Waals surface area contributed by atoms with Crippen molar-refractivity contribution in [3.63, 3.8) is 0 Å². The molecule has 15 heavy (non-hydrogen) atoms. The van der Waals surface area contributed by atoms with Crippen LogP contribution in [0.25, 0.3) is 0 Å². The molecule has 5 heteroatoms. The predicted octanol–water partition coefficient (Wildman–Crippen LogP) is 0.824. The first kappa shape index (κ1) is 14.9. The molecule has 0 heterocycles. The molecule has 0 radical (unpaired) electrons. The van der Waals surface area contributed by atoms with Crippen molar-refractivity contribution in [2.45, 2.75) is 38.5 Å². The number of nitrogens with one attached hydrogen (secondary N) is 1. The molecular weight excluding hydrogens is 214 g/mol. The van der Waals surface area contributed by atoms with Gasteiger partial charge < -0.3 is 10.1 Å². The van der Waals surface area contributed by atoms with Crippen LogP contribution < -0.4 is 5.32 Å². The average molecular weight is 237 g/mol. The van der Waals surface area contributed by atoms with Gasteiger partial charge in [-0.05, 0) is 27.7 Å². The monoisotopic (exact) mass is 237 g/mol. The Hall–Kier alpha value is -0.130. The van der Waals surface area contributed by atoms with Gasteiger partial charge in [-0.15, -0.1) is 0 Å². The van der Waals surface area contributed by atoms with Crippen molar-refractivity contribution in [2.75, 3.05) is 26.0 Å². The van der Waals surface area contributed by atoms with Crippen LogP contribution >= 0.6 is 0 Å². The van der Waals surface area contributed by atoms with Gasteiger partial charge in [0.15, 0.2) is 9.84 Å². The predicted molar refractivity (Wildman–Crippen MR) is 62.9 cm³/mol. The lowest BCUT2D eigenvalue weighted by Gasteiger charge is -2.20. The molecule has 0 rings (SSSR count). The fraction of sp³-hybridized carbons (Fsp3) is 1.00. The minimum atomic E-state index is -3.01. The lowest BCUT2D eigenvalue weighted by Crippen LogP contribution is -2.38. The molecule has 0 aliphatic carbocycles. The van der Waals surface area contributed by atoms with Crippen LogP contribution in [0.4, 0.5) is 0 Å². The second kappa shape index (κ2) is 5.82. The highest BCUT2D eigenvalue weighted by atomic mass is 32.2. The van der Waals surface area contributed by atoms with Gasteiger partial charge in [-0.1, -0.05) is 0 Å². The Morgan fingerprint density at radius 1 is 1.33 bits per heavy atom. The van der Waals surface area contributed by atoms with Crippen molar-refractivity contribution in [3.8, 4) is 0 Å². The molecular formula is C10H23NO3S. The van der Waals surface area contributed by atoms with Gasteiger partial charge in [-0.3, -0.25) is 0 Å². The van der Waals surface area contributed by atoms with E-state index in [2.05, 4.69) is 5.32 Å². The first-order chi connectivity index (χ1) is 6.70. The zero-order valence-corrected chi connectivity index (χ0v) is 11.1. The van der Waals surface area contributed by atoms with Gasteiger partial charge >= 0.3 is 0 Å². The highest BCUT2D eigenvalue weighted by Crippen LogP contribution is 2.15. The topological polar surface area (TPSA) is 55.4 Å². The Bertz CT molecular complexity index is 267. The summed E-state index contributed by atoms with van der Waals surface area (Å²) in [5, 5.41) is 3.11. The van der Waals surface area contributed by atoms with E-state index >= 15 is 0 Å². The standard InChI is InChI=1S/C10H23NO3S/c1-9(8-14-5)11-6-7-15(12,13)10(2,3)4/h9,11H,6-8H2,1-5H3. The number of rotatable bonds is 6. The summed E-state index contributed by atoms with van der Waals surface area (Å²) in [4.78, 5) is 0. The number of sulfone groups is 1. The van der Waals surface area contributed by atoms with Gasteiger partial charge in [-0.2, -0.15) is 0 Å². The van der Waals surface area contributed by atoms with Crippen LogP contribution in [-0.2, 0) is 14.6 Å². The lowest BCUT2D eigenvalue weighted by molar-refractivity contribution is 0.173. The fourth-order valence-electron chi connectivity index (χ4n) is 1.05. The molecule has 0 aliphatic heterocycles. The Morgan fingerprint density at radius 3 is 2.27 bits per heavy atom. The molecule has 1 unspecified atom stereocenters. The second-order valence-electron chi connectivity index (χ2n) is 4.74. The van der Waals surface area contributed by atoms with Crippen LogP contribution in [0.2, 0.25) is 0 Å². The fourth-order valence-corrected chi connectivity index (χ4v) is 2.05. The molecule has 0 aromatic rings. The molecule has 1 atom stereocenters. The van der Waals surface area contributed by atoms with E-state index in [1.54, 1.807) is 27.9 Å². The Kier molecular flexibility index (Phi) is 5.77. The van der Waals surface area contributed by atoms with Crippen LogP contribution in [0.1, 0.15) is 27.7 Å². The van der Waals surface area contributed by atoms with Gasteiger partial charge in [0.05, 0.1) is 17.1 Å². The van der Waals surface area contributed by atoms with Crippen molar-refractivity contribution in [3.05, 3.63) is 0 Å². The molecule has 0 aliphatic rings. The van der Waals surface area contributed by atoms with Crippen molar-refractivity contribution >= 4 is 9.84 Å². The minimum absolute atomic E-state index is 0.171. The maximum absolute atomic E-state index is 11.7. The van der Waals surface area contributed by atoms with Gasteiger partial charge in [0.2, 0.25) is 0 Å². The molecule has 4 nitrogen and oxygen atoms in total. The van der Waals surface area contributed by atoms with Crippen LogP contribution in [0.5, 0.6) is 0 Å². The van der Waals surface area contributed by atoms with E-state index in [9.17, 15) is 8.42 Å². The second-order valence-corrected chi connectivity index (χ2v) is 7.60. The highest BCUT2D eigenvalue weighted by Gasteiger charge is 2.28. The third-order valence-corrected chi connectivity index (χ3v) is 4.82. The van der Waals surface area contributed by atoms with E-state index in [1.165, 1.54) is 0 Å². The highest BCUT2D eigenvalue weighted by molar-refractivity contribution is 7.92. The molecule has 0 saturated carbocycles. The Labute approximate surface area is 93.3 Å². The number of methoxy groups -OCH3 is 1. The summed E-state index contributed by atoms with van der Waals surface area (Å²) in [6, 6.07) is 0.185. The molecule has 0 bridgehead atoms. The summed E-state index contributed by atoms with van der Waals surface area (Å²) in [5.74, 6) is 0.171. The number of hydrogen-bond acceptors (Lipinski definition) is 4. The molecule has 0 aromatic carbocycles. The summed E-state index contributed by atoms with van der Waals surface area (Å²) in [7, 11) is -1.38. The first-order valence-corrected chi connectivity index (χ1v) is 6.80. The molecule has 92 valence electrons. The molecule has 0 spiro atoms. The third-order valence-electron chi connectivity index (χ3n) is 2.21. The molecule has 0 saturated heterocycles. The largest absolute Gasteiger partial charge is 0.383 e. The van der Waals surface area contributed by atoms with Gasteiger partial charge in [0.1, 0.15) is 0 Å². The van der Waals surface area contributed by atoms with Crippen LogP contribution in [-0.4, -0.2) is 45.2 Å². The normalized spacial score (nSPS) is 15.3. The van der Waals surface area contributed by atoms with Gasteiger partial charge in [0, 0.05) is 19.7 Å². The van der Waals surface area contributed by atoms with Crippen LogP contribution in [0.3, 0.4) is 0 Å². The smallest absolute Gasteiger partial charge is 0.156 e. The maximum Gasteiger partial charge on any atom is 0.156 e. The average Bonchev–Trinajstić information content (AvgIpc) is 2.01. The number of hydrogen-bond donors (Lipinski definition) is 1. The Balaban J connectivity index is 3.97. The molecule has 0 amide bonds. The zero-order chi connectivity index (χ0) is 12.1. The van der Waals surface area contributed by atoms with E-state index in [0.29, 0.717) is 13.2 Å². The number of ether oxygens (including phenoxy) is 1. The third kappa shape index (κ3) is 5.49. The van der Waals surface area contributed by atoms with Crippen molar-refractivity contribution < 1.29 is 13.2 Å². The van der Waals surface area contributed by atoms with E-state index in [4.69, 9.17) is 4.74 Å². The molecule has 0 fully saturated rings. The summed E-state index contributed by atoms with van der Waals surface area (Å²) in [5.41, 5.74) is 0. The van der Waals surface area contributed by atoms with E-state index in [0.717, 1.165) is 0 Å². The van der Waals surface area contributed by atoms with Gasteiger partial charge in [-0.25, -0.2) is 8.42 Å². The van der Waals surface area contributed by atoms with E-state index in [1.807, 2.05) is 6.92 Å². The zero-order valence-electron chi connectivity index (χ0n) is 10.3. The Morgan fingerprint density at radius 2 is 1.87 bits per heavy atom. The van der Waals surface area contributed by atoms with E-state index < -0.39 is 14.6 Å². The van der Waals surface area contributed by atoms with Crippen molar-refractivity contribution in [1.82, 2.24) is 5.32 Å². The lowest BCUT2D eigenvalue weighted by atomic mass is 10.3. The van der Waals surface area contributed by atoms with Crippen LogP contribution in [0, 0.1) is 0 Å². The van der Waals surface area contributed by atoms with Gasteiger partial charge in [0.25, 0.3) is 0 Å². The van der Waals surface area contributed by atoms with Crippen molar-refractivity contribution in [2.24, 2.45) is 0 Å². The first-order valence-electron chi connectivity index (χ1n) is 5.15.